The molecule has 32 heavy (non-hydrogen) atoms. The fraction of sp³-hybridized carbons (Fsp3) is 0.280. The standard InChI is InChI=1S/C25H26N2O5/c1-2-11-27-22(16-7-5-8-17(14-16)32-13-6-12-28)21(24(30)25(27)31)23(29)19-15-26-20-10-4-3-9-18(19)20/h3-5,7-10,14-15,22,26,28-29H,2,6,11-13H2,1H3/b23-21-. The van der Waals surface area contributed by atoms with Gasteiger partial charge < -0.3 is 24.8 Å². The number of amides is 1. The molecule has 1 aliphatic rings. The van der Waals surface area contributed by atoms with Crippen LogP contribution in [0.25, 0.3) is 16.7 Å². The molecule has 0 saturated carbocycles. The molecule has 1 fully saturated rings. The Morgan fingerprint density at radius 3 is 2.75 bits per heavy atom. The minimum absolute atomic E-state index is 0.0287. The number of aliphatic hydroxyl groups is 2. The van der Waals surface area contributed by atoms with Gasteiger partial charge in [-0.1, -0.05) is 37.3 Å². The van der Waals surface area contributed by atoms with Crippen LogP contribution in [-0.2, 0) is 9.59 Å². The van der Waals surface area contributed by atoms with Gasteiger partial charge in [0.1, 0.15) is 11.5 Å². The second-order valence-corrected chi connectivity index (χ2v) is 7.74. The zero-order valence-corrected chi connectivity index (χ0v) is 17.9. The number of H-pyrrole nitrogens is 1. The summed E-state index contributed by atoms with van der Waals surface area (Å²) < 4.78 is 5.69. The summed E-state index contributed by atoms with van der Waals surface area (Å²) in [7, 11) is 0. The lowest BCUT2D eigenvalue weighted by atomic mass is 9.95. The number of likely N-dealkylation sites (tertiary alicyclic amines) is 1. The average Bonchev–Trinajstić information content (AvgIpc) is 3.34. The maximum absolute atomic E-state index is 13.1. The second-order valence-electron chi connectivity index (χ2n) is 7.74. The minimum atomic E-state index is -0.718. The summed E-state index contributed by atoms with van der Waals surface area (Å²) in [5.74, 6) is -0.941. The molecular weight excluding hydrogens is 408 g/mol. The molecule has 3 N–H and O–H groups in total. The molecule has 166 valence electrons. The summed E-state index contributed by atoms with van der Waals surface area (Å²) in [6.45, 7) is 2.70. The van der Waals surface area contributed by atoms with Gasteiger partial charge in [0, 0.05) is 42.2 Å². The molecule has 0 spiro atoms. The average molecular weight is 434 g/mol. The smallest absolute Gasteiger partial charge is 0.295 e. The third-order valence-corrected chi connectivity index (χ3v) is 5.59. The number of aromatic amines is 1. The van der Waals surface area contributed by atoms with Crippen LogP contribution in [0.3, 0.4) is 0 Å². The summed E-state index contributed by atoms with van der Waals surface area (Å²) in [6.07, 6.45) is 2.82. The lowest BCUT2D eigenvalue weighted by Gasteiger charge is -2.25. The van der Waals surface area contributed by atoms with Crippen LogP contribution in [0, 0.1) is 0 Å². The highest BCUT2D eigenvalue weighted by Gasteiger charge is 2.46. The first kappa shape index (κ1) is 21.6. The number of aromatic nitrogens is 1. The lowest BCUT2D eigenvalue weighted by Crippen LogP contribution is -2.30. The van der Waals surface area contributed by atoms with Crippen molar-refractivity contribution in [2.24, 2.45) is 0 Å². The predicted octanol–water partition coefficient (Wildman–Crippen LogP) is 3.76. The van der Waals surface area contributed by atoms with Gasteiger partial charge in [0.05, 0.1) is 18.2 Å². The Hall–Kier alpha value is -3.58. The van der Waals surface area contributed by atoms with Crippen LogP contribution >= 0.6 is 0 Å². The first-order chi connectivity index (χ1) is 15.6. The lowest BCUT2D eigenvalue weighted by molar-refractivity contribution is -0.139. The molecule has 3 aromatic rings. The summed E-state index contributed by atoms with van der Waals surface area (Å²) in [4.78, 5) is 30.6. The van der Waals surface area contributed by atoms with E-state index in [4.69, 9.17) is 9.84 Å². The second kappa shape index (κ2) is 9.28. The number of nitrogens with zero attached hydrogens (tertiary/aromatic N) is 1. The van der Waals surface area contributed by atoms with Gasteiger partial charge in [-0.15, -0.1) is 0 Å². The Morgan fingerprint density at radius 2 is 1.97 bits per heavy atom. The van der Waals surface area contributed by atoms with Crippen LogP contribution in [0.1, 0.15) is 36.9 Å². The molecule has 4 rings (SSSR count). The monoisotopic (exact) mass is 434 g/mol. The Balaban J connectivity index is 1.83. The van der Waals surface area contributed by atoms with E-state index in [1.54, 1.807) is 24.4 Å². The number of hydrogen-bond donors (Lipinski definition) is 3. The van der Waals surface area contributed by atoms with Gasteiger partial charge in [-0.3, -0.25) is 9.59 Å². The number of fused-ring (bicyclic) bond motifs is 1. The molecule has 2 heterocycles. The first-order valence-electron chi connectivity index (χ1n) is 10.7. The Labute approximate surface area is 185 Å². The topological polar surface area (TPSA) is 103 Å². The normalized spacial score (nSPS) is 17.9. The summed E-state index contributed by atoms with van der Waals surface area (Å²) in [5.41, 5.74) is 2.06. The van der Waals surface area contributed by atoms with E-state index in [9.17, 15) is 14.7 Å². The molecule has 0 radical (unpaired) electrons. The summed E-state index contributed by atoms with van der Waals surface area (Å²) in [5, 5.41) is 21.0. The highest BCUT2D eigenvalue weighted by molar-refractivity contribution is 6.46. The fourth-order valence-electron chi connectivity index (χ4n) is 4.14. The van der Waals surface area contributed by atoms with Crippen molar-refractivity contribution in [2.75, 3.05) is 19.8 Å². The van der Waals surface area contributed by atoms with E-state index in [1.165, 1.54) is 4.90 Å². The number of rotatable bonds is 8. The van der Waals surface area contributed by atoms with Crippen molar-refractivity contribution < 1.29 is 24.5 Å². The fourth-order valence-corrected chi connectivity index (χ4v) is 4.14. The number of ether oxygens (including phenoxy) is 1. The summed E-state index contributed by atoms with van der Waals surface area (Å²) >= 11 is 0. The number of nitrogens with one attached hydrogen (secondary N) is 1. The van der Waals surface area contributed by atoms with Gasteiger partial charge in [-0.05, 0) is 30.2 Å². The highest BCUT2D eigenvalue weighted by atomic mass is 16.5. The molecule has 0 bridgehead atoms. The van der Waals surface area contributed by atoms with Crippen molar-refractivity contribution in [3.05, 3.63) is 71.4 Å². The van der Waals surface area contributed by atoms with Crippen molar-refractivity contribution in [2.45, 2.75) is 25.8 Å². The zero-order chi connectivity index (χ0) is 22.7. The number of carbonyl (C=O) groups excluding carboxylic acids is 2. The number of hydrogen-bond acceptors (Lipinski definition) is 5. The molecule has 1 aromatic heterocycles. The third kappa shape index (κ3) is 3.87. The van der Waals surface area contributed by atoms with Gasteiger partial charge in [0.25, 0.3) is 11.7 Å². The molecule has 1 atom stereocenters. The molecule has 1 unspecified atom stereocenters. The third-order valence-electron chi connectivity index (χ3n) is 5.59. The molecule has 2 aromatic carbocycles. The largest absolute Gasteiger partial charge is 0.507 e. The molecule has 1 aliphatic heterocycles. The Morgan fingerprint density at radius 1 is 1.16 bits per heavy atom. The van der Waals surface area contributed by atoms with Crippen molar-refractivity contribution in [3.63, 3.8) is 0 Å². The van der Waals surface area contributed by atoms with E-state index in [-0.39, 0.29) is 17.9 Å². The van der Waals surface area contributed by atoms with Crippen LogP contribution in [0.15, 0.2) is 60.3 Å². The summed E-state index contributed by atoms with van der Waals surface area (Å²) in [6, 6.07) is 13.9. The van der Waals surface area contributed by atoms with E-state index in [2.05, 4.69) is 4.98 Å². The number of benzene rings is 2. The van der Waals surface area contributed by atoms with Gasteiger partial charge in [-0.25, -0.2) is 0 Å². The van der Waals surface area contributed by atoms with Crippen molar-refractivity contribution in [1.82, 2.24) is 9.88 Å². The van der Waals surface area contributed by atoms with Crippen LogP contribution in [-0.4, -0.2) is 51.5 Å². The van der Waals surface area contributed by atoms with E-state index >= 15 is 0 Å². The predicted molar refractivity (Wildman–Crippen MR) is 121 cm³/mol. The van der Waals surface area contributed by atoms with E-state index in [0.717, 1.165) is 10.9 Å². The number of carbonyl (C=O) groups is 2. The zero-order valence-electron chi connectivity index (χ0n) is 17.9. The van der Waals surface area contributed by atoms with E-state index < -0.39 is 17.7 Å². The van der Waals surface area contributed by atoms with Gasteiger partial charge >= 0.3 is 0 Å². The maximum atomic E-state index is 13.1. The van der Waals surface area contributed by atoms with Crippen LogP contribution < -0.4 is 4.74 Å². The quantitative estimate of drug-likeness (QED) is 0.217. The molecular formula is C25H26N2O5. The van der Waals surface area contributed by atoms with Crippen LogP contribution in [0.2, 0.25) is 0 Å². The number of ketones is 1. The maximum Gasteiger partial charge on any atom is 0.295 e. The molecule has 1 saturated heterocycles. The number of para-hydroxylation sites is 1. The van der Waals surface area contributed by atoms with Gasteiger partial charge in [0.2, 0.25) is 0 Å². The van der Waals surface area contributed by atoms with Crippen LogP contribution in [0.4, 0.5) is 0 Å². The van der Waals surface area contributed by atoms with Crippen molar-refractivity contribution in [3.8, 4) is 5.75 Å². The number of aliphatic hydroxyl groups excluding tert-OH is 2. The Kier molecular flexibility index (Phi) is 6.28. The molecule has 7 heteroatoms. The minimum Gasteiger partial charge on any atom is -0.507 e. The van der Waals surface area contributed by atoms with Gasteiger partial charge in [-0.2, -0.15) is 0 Å². The SMILES string of the molecule is CCCN1C(=O)C(=O)/C(=C(\O)c2c[nH]c3ccccc23)C1c1cccc(OCCCO)c1. The van der Waals surface area contributed by atoms with Crippen molar-refractivity contribution in [1.29, 1.82) is 0 Å². The molecule has 1 amide bonds. The first-order valence-corrected chi connectivity index (χ1v) is 10.7. The van der Waals surface area contributed by atoms with Crippen LogP contribution in [0.5, 0.6) is 5.75 Å². The van der Waals surface area contributed by atoms with E-state index in [1.807, 2.05) is 37.3 Å². The molecule has 0 aliphatic carbocycles. The van der Waals surface area contributed by atoms with Gasteiger partial charge in [0.15, 0.2) is 0 Å². The molecule has 7 nitrogen and oxygen atoms in total. The Bertz CT molecular complexity index is 1180. The van der Waals surface area contributed by atoms with Crippen molar-refractivity contribution >= 4 is 28.4 Å². The van der Waals surface area contributed by atoms with E-state index in [0.29, 0.717) is 42.9 Å². The highest BCUT2D eigenvalue weighted by Crippen LogP contribution is 2.41. The number of Topliss-reactive ketones (excluding diaryl/α,β-unsaturated/α-hetero) is 1.